The molecule has 122 valence electrons. The van der Waals surface area contributed by atoms with E-state index in [0.29, 0.717) is 11.8 Å². The minimum atomic E-state index is 0.360. The van der Waals surface area contributed by atoms with Crippen LogP contribution >= 0.6 is 0 Å². The molecule has 1 atom stereocenters. The van der Waals surface area contributed by atoms with Gasteiger partial charge in [-0.1, -0.05) is 30.3 Å². The highest BCUT2D eigenvalue weighted by molar-refractivity contribution is 5.58. The highest BCUT2D eigenvalue weighted by atomic mass is 16.4. The van der Waals surface area contributed by atoms with Crippen LogP contribution < -0.4 is 0 Å². The Morgan fingerprint density at radius 3 is 2.71 bits per heavy atom. The number of likely N-dealkylation sites (tertiary alicyclic amines) is 1. The van der Waals surface area contributed by atoms with Gasteiger partial charge in [0.15, 0.2) is 0 Å². The average molecular weight is 320 g/mol. The molecule has 3 aromatic rings. The molecule has 3 heterocycles. The Morgan fingerprint density at radius 2 is 2.00 bits per heavy atom. The first-order chi connectivity index (χ1) is 11.8. The number of hydrogen-bond donors (Lipinski definition) is 0. The Hall–Kier alpha value is -2.53. The largest absolute Gasteiger partial charge is 0.425 e. The van der Waals surface area contributed by atoms with Gasteiger partial charge in [0.25, 0.3) is 0 Å². The lowest BCUT2D eigenvalue weighted by Crippen LogP contribution is -2.19. The molecule has 1 aliphatic rings. The van der Waals surface area contributed by atoms with Gasteiger partial charge >= 0.3 is 0 Å². The van der Waals surface area contributed by atoms with E-state index in [-0.39, 0.29) is 0 Å². The van der Waals surface area contributed by atoms with Crippen molar-refractivity contribution in [2.24, 2.45) is 0 Å². The maximum absolute atomic E-state index is 5.57. The second-order valence-electron chi connectivity index (χ2n) is 6.29. The molecule has 0 bridgehead atoms. The summed E-state index contributed by atoms with van der Waals surface area (Å²) in [5.41, 5.74) is 3.48. The summed E-state index contributed by atoms with van der Waals surface area (Å²) in [5.74, 6) is 1.79. The molecule has 5 nitrogen and oxygen atoms in total. The van der Waals surface area contributed by atoms with Crippen LogP contribution in [0, 0.1) is 6.92 Å². The molecule has 0 amide bonds. The van der Waals surface area contributed by atoms with Gasteiger partial charge in [-0.2, -0.15) is 0 Å². The number of pyridine rings is 1. The van der Waals surface area contributed by atoms with Crippen LogP contribution in [0.3, 0.4) is 0 Å². The number of aromatic nitrogens is 3. The van der Waals surface area contributed by atoms with Gasteiger partial charge in [-0.15, -0.1) is 10.2 Å². The van der Waals surface area contributed by atoms with Gasteiger partial charge in [0.05, 0.1) is 11.6 Å². The lowest BCUT2D eigenvalue weighted by molar-refractivity contribution is 0.319. The van der Waals surface area contributed by atoms with E-state index in [1.165, 1.54) is 5.56 Å². The zero-order chi connectivity index (χ0) is 16.4. The van der Waals surface area contributed by atoms with Gasteiger partial charge < -0.3 is 4.42 Å². The Balaban J connectivity index is 1.39. The van der Waals surface area contributed by atoms with Crippen LogP contribution in [-0.4, -0.2) is 33.2 Å². The summed E-state index contributed by atoms with van der Waals surface area (Å²) in [7, 11) is 0. The Bertz CT molecular complexity index is 798. The zero-order valence-corrected chi connectivity index (χ0v) is 13.7. The molecule has 0 N–H and O–H groups in total. The normalized spacial score (nSPS) is 18.1. The van der Waals surface area contributed by atoms with E-state index < -0.39 is 0 Å². The van der Waals surface area contributed by atoms with Crippen LogP contribution in [0.15, 0.2) is 53.1 Å². The molecule has 1 fully saturated rings. The molecule has 0 radical (unpaired) electrons. The van der Waals surface area contributed by atoms with Crippen molar-refractivity contribution in [1.82, 2.24) is 20.1 Å². The first-order valence-electron chi connectivity index (χ1n) is 8.30. The Morgan fingerprint density at radius 1 is 1.12 bits per heavy atom. The highest BCUT2D eigenvalue weighted by Gasteiger charge is 2.27. The van der Waals surface area contributed by atoms with E-state index >= 15 is 0 Å². The molecule has 5 heteroatoms. The molecular formula is C19H20N4O. The Kier molecular flexibility index (Phi) is 4.09. The smallest absolute Gasteiger partial charge is 0.220 e. The van der Waals surface area contributed by atoms with Gasteiger partial charge in [-0.25, -0.2) is 0 Å². The van der Waals surface area contributed by atoms with Crippen molar-refractivity contribution in [3.05, 3.63) is 66.0 Å². The summed E-state index contributed by atoms with van der Waals surface area (Å²) in [4.78, 5) is 6.84. The number of benzene rings is 1. The minimum absolute atomic E-state index is 0.360. The molecule has 1 aliphatic heterocycles. The summed E-state index contributed by atoms with van der Waals surface area (Å²) in [6.45, 7) is 4.83. The topological polar surface area (TPSA) is 55.1 Å². The lowest BCUT2D eigenvalue weighted by atomic mass is 10.1. The number of rotatable bonds is 4. The third kappa shape index (κ3) is 3.21. The van der Waals surface area contributed by atoms with E-state index in [2.05, 4.69) is 44.3 Å². The second-order valence-corrected chi connectivity index (χ2v) is 6.29. The third-order valence-corrected chi connectivity index (χ3v) is 4.48. The van der Waals surface area contributed by atoms with Crippen LogP contribution in [0.4, 0.5) is 0 Å². The highest BCUT2D eigenvalue weighted by Crippen LogP contribution is 2.27. The number of nitrogens with zero attached hydrogens (tertiary/aromatic N) is 4. The predicted octanol–water partition coefficient (Wildman–Crippen LogP) is 3.43. The number of hydrogen-bond acceptors (Lipinski definition) is 5. The standard InChI is InChI=1S/C19H20N4O/c1-14-21-22-19(24-14)17-9-11-23(13-17)12-15-5-7-16(8-6-15)18-4-2-3-10-20-18/h2-8,10,17H,9,11-13H2,1H3/t17-/m0/s1. The molecule has 1 aromatic carbocycles. The fourth-order valence-corrected chi connectivity index (χ4v) is 3.23. The van der Waals surface area contributed by atoms with Crippen LogP contribution in [0.1, 0.15) is 29.7 Å². The molecule has 0 spiro atoms. The van der Waals surface area contributed by atoms with Gasteiger partial charge in [0.1, 0.15) is 0 Å². The van der Waals surface area contributed by atoms with E-state index in [1.54, 1.807) is 0 Å². The van der Waals surface area contributed by atoms with Crippen molar-refractivity contribution in [2.75, 3.05) is 13.1 Å². The summed E-state index contributed by atoms with van der Waals surface area (Å²) in [6, 6.07) is 14.7. The quantitative estimate of drug-likeness (QED) is 0.737. The molecule has 2 aromatic heterocycles. The third-order valence-electron chi connectivity index (χ3n) is 4.48. The maximum Gasteiger partial charge on any atom is 0.220 e. The van der Waals surface area contributed by atoms with Crippen LogP contribution in [0.5, 0.6) is 0 Å². The molecule has 1 saturated heterocycles. The van der Waals surface area contributed by atoms with Gasteiger partial charge in [0, 0.05) is 31.8 Å². The summed E-state index contributed by atoms with van der Waals surface area (Å²) < 4.78 is 5.57. The van der Waals surface area contributed by atoms with Gasteiger partial charge in [0.2, 0.25) is 11.8 Å². The van der Waals surface area contributed by atoms with Crippen molar-refractivity contribution in [1.29, 1.82) is 0 Å². The van der Waals surface area contributed by atoms with Crippen LogP contribution in [0.25, 0.3) is 11.3 Å². The first-order valence-corrected chi connectivity index (χ1v) is 8.30. The number of aryl methyl sites for hydroxylation is 1. The van der Waals surface area contributed by atoms with Gasteiger partial charge in [-0.3, -0.25) is 9.88 Å². The maximum atomic E-state index is 5.57. The molecule has 0 unspecified atom stereocenters. The van der Waals surface area contributed by atoms with Gasteiger partial charge in [-0.05, 0) is 30.7 Å². The average Bonchev–Trinajstić information content (AvgIpc) is 3.25. The van der Waals surface area contributed by atoms with Crippen LogP contribution in [0.2, 0.25) is 0 Å². The molecule has 0 aliphatic carbocycles. The zero-order valence-electron chi connectivity index (χ0n) is 13.7. The molecule has 24 heavy (non-hydrogen) atoms. The van der Waals surface area contributed by atoms with E-state index in [1.807, 2.05) is 31.3 Å². The van der Waals surface area contributed by atoms with Crippen molar-refractivity contribution in [3.8, 4) is 11.3 Å². The molecule has 0 saturated carbocycles. The van der Waals surface area contributed by atoms with E-state index in [0.717, 1.165) is 43.2 Å². The molecular weight excluding hydrogens is 300 g/mol. The summed E-state index contributed by atoms with van der Waals surface area (Å²) in [6.07, 6.45) is 2.90. The van der Waals surface area contributed by atoms with Crippen molar-refractivity contribution >= 4 is 0 Å². The SMILES string of the molecule is Cc1nnc([C@H]2CCN(Cc3ccc(-c4ccccn4)cc3)C2)o1. The molecule has 4 rings (SSSR count). The van der Waals surface area contributed by atoms with Crippen molar-refractivity contribution in [2.45, 2.75) is 25.8 Å². The lowest BCUT2D eigenvalue weighted by Gasteiger charge is -2.15. The minimum Gasteiger partial charge on any atom is -0.425 e. The van der Waals surface area contributed by atoms with Crippen LogP contribution in [-0.2, 0) is 6.54 Å². The Labute approximate surface area is 141 Å². The fraction of sp³-hybridized carbons (Fsp3) is 0.316. The van der Waals surface area contributed by atoms with E-state index in [9.17, 15) is 0 Å². The van der Waals surface area contributed by atoms with E-state index in [4.69, 9.17) is 4.42 Å². The predicted molar refractivity (Wildman–Crippen MR) is 91.3 cm³/mol. The fourth-order valence-electron chi connectivity index (χ4n) is 3.23. The monoisotopic (exact) mass is 320 g/mol. The first kappa shape index (κ1) is 15.0. The summed E-state index contributed by atoms with van der Waals surface area (Å²) in [5, 5.41) is 8.10. The van der Waals surface area contributed by atoms with Crippen molar-refractivity contribution < 1.29 is 4.42 Å². The summed E-state index contributed by atoms with van der Waals surface area (Å²) >= 11 is 0. The second kappa shape index (κ2) is 6.53. The van der Waals surface area contributed by atoms with Crippen molar-refractivity contribution in [3.63, 3.8) is 0 Å².